The van der Waals surface area contributed by atoms with Gasteiger partial charge in [-0.15, -0.1) is 0 Å². The topological polar surface area (TPSA) is 48.3 Å². The lowest BCUT2D eigenvalue weighted by molar-refractivity contribution is -0.110. The maximum absolute atomic E-state index is 12.8. The van der Waals surface area contributed by atoms with Crippen LogP contribution in [0.2, 0.25) is 10.0 Å². The standard InChI is InChI=1S/C30H22Cl2N4OS/c1-19-26(32)13-8-14-27(19)36-30(38-29(34-36)20(2)37)25-12-7-6-11-24(25)28(21-15-17-22(31)18-16-21)33-35(30)23-9-4-3-5-10-23/h3-18H,1-2H3/t30-/m1/s1. The molecule has 4 aromatic carbocycles. The third-order valence-electron chi connectivity index (χ3n) is 6.62. The maximum Gasteiger partial charge on any atom is 0.234 e. The van der Waals surface area contributed by atoms with Crippen molar-refractivity contribution in [3.8, 4) is 0 Å². The summed E-state index contributed by atoms with van der Waals surface area (Å²) < 4.78 is 0. The van der Waals surface area contributed by atoms with E-state index in [0.29, 0.717) is 15.1 Å². The Balaban J connectivity index is 1.68. The van der Waals surface area contributed by atoms with Crippen molar-refractivity contribution in [1.29, 1.82) is 0 Å². The molecule has 2 aliphatic heterocycles. The summed E-state index contributed by atoms with van der Waals surface area (Å²) in [5, 5.41) is 15.7. The van der Waals surface area contributed by atoms with E-state index in [4.69, 9.17) is 33.4 Å². The number of thioether (sulfide) groups is 1. The number of para-hydroxylation sites is 1. The van der Waals surface area contributed by atoms with Gasteiger partial charge >= 0.3 is 0 Å². The number of anilines is 2. The van der Waals surface area contributed by atoms with Gasteiger partial charge in [0.2, 0.25) is 4.99 Å². The smallest absolute Gasteiger partial charge is 0.234 e. The molecule has 188 valence electrons. The van der Waals surface area contributed by atoms with Gasteiger partial charge in [-0.2, -0.15) is 10.2 Å². The number of hydrogen-bond donors (Lipinski definition) is 0. The molecule has 0 aromatic heterocycles. The normalized spacial score (nSPS) is 18.3. The van der Waals surface area contributed by atoms with E-state index >= 15 is 0 Å². The Morgan fingerprint density at radius 3 is 2.26 bits per heavy atom. The first-order valence-electron chi connectivity index (χ1n) is 12.0. The molecule has 6 rings (SSSR count). The van der Waals surface area contributed by atoms with Crippen molar-refractivity contribution in [2.75, 3.05) is 10.0 Å². The fourth-order valence-corrected chi connectivity index (χ4v) is 6.35. The minimum Gasteiger partial charge on any atom is -0.292 e. The van der Waals surface area contributed by atoms with Gasteiger partial charge in [0.1, 0.15) is 0 Å². The quantitative estimate of drug-likeness (QED) is 0.257. The van der Waals surface area contributed by atoms with Crippen LogP contribution in [0.5, 0.6) is 0 Å². The lowest BCUT2D eigenvalue weighted by Crippen LogP contribution is -2.54. The minimum atomic E-state index is -1.02. The molecule has 0 unspecified atom stereocenters. The highest BCUT2D eigenvalue weighted by atomic mass is 35.5. The molecule has 2 aliphatic rings. The van der Waals surface area contributed by atoms with Gasteiger partial charge in [0.15, 0.2) is 10.8 Å². The van der Waals surface area contributed by atoms with Crippen molar-refractivity contribution in [1.82, 2.24) is 0 Å². The van der Waals surface area contributed by atoms with Crippen molar-refractivity contribution < 1.29 is 4.79 Å². The number of ketones is 1. The fourth-order valence-electron chi connectivity index (χ4n) is 4.78. The number of rotatable bonds is 4. The Hall–Kier alpha value is -3.58. The van der Waals surface area contributed by atoms with Crippen molar-refractivity contribution in [2.24, 2.45) is 10.2 Å². The minimum absolute atomic E-state index is 0.116. The molecule has 0 N–H and O–H groups in total. The molecule has 38 heavy (non-hydrogen) atoms. The van der Waals surface area contributed by atoms with E-state index in [9.17, 15) is 4.79 Å². The number of fused-ring (bicyclic) bond motifs is 2. The van der Waals surface area contributed by atoms with Crippen LogP contribution in [0.25, 0.3) is 0 Å². The Morgan fingerprint density at radius 1 is 0.816 bits per heavy atom. The monoisotopic (exact) mass is 556 g/mol. The van der Waals surface area contributed by atoms with Crippen molar-refractivity contribution >= 4 is 62.9 Å². The van der Waals surface area contributed by atoms with Gasteiger partial charge in [0, 0.05) is 33.7 Å². The second kappa shape index (κ2) is 9.62. The van der Waals surface area contributed by atoms with Gasteiger partial charge in [0.25, 0.3) is 0 Å². The first-order valence-corrected chi connectivity index (χ1v) is 13.6. The zero-order valence-electron chi connectivity index (χ0n) is 20.6. The molecule has 0 fully saturated rings. The van der Waals surface area contributed by atoms with Crippen molar-refractivity contribution in [2.45, 2.75) is 18.8 Å². The molecule has 5 nitrogen and oxygen atoms in total. The zero-order chi connectivity index (χ0) is 26.4. The third kappa shape index (κ3) is 3.91. The molecular formula is C30H22Cl2N4OS. The van der Waals surface area contributed by atoms with E-state index < -0.39 is 4.99 Å². The molecule has 0 saturated heterocycles. The van der Waals surface area contributed by atoms with Gasteiger partial charge in [-0.05, 0) is 60.6 Å². The van der Waals surface area contributed by atoms with E-state index in [1.165, 1.54) is 18.7 Å². The largest absolute Gasteiger partial charge is 0.292 e. The van der Waals surface area contributed by atoms with E-state index in [1.807, 2.05) is 102 Å². The van der Waals surface area contributed by atoms with Crippen LogP contribution in [0.4, 0.5) is 11.4 Å². The number of carbonyl (C=O) groups excluding carboxylic acids is 1. The van der Waals surface area contributed by atoms with Crippen LogP contribution in [-0.2, 0) is 9.79 Å². The van der Waals surface area contributed by atoms with Gasteiger partial charge in [-0.25, -0.2) is 10.0 Å². The summed E-state index contributed by atoms with van der Waals surface area (Å²) in [6, 6.07) is 31.5. The summed E-state index contributed by atoms with van der Waals surface area (Å²) in [4.78, 5) is 11.8. The van der Waals surface area contributed by atoms with E-state index in [2.05, 4.69) is 12.1 Å². The summed E-state index contributed by atoms with van der Waals surface area (Å²) >= 11 is 14.2. The Bertz CT molecular complexity index is 1620. The van der Waals surface area contributed by atoms with Gasteiger partial charge in [0.05, 0.1) is 17.1 Å². The summed E-state index contributed by atoms with van der Waals surface area (Å²) in [6.07, 6.45) is 0. The van der Waals surface area contributed by atoms with Crippen LogP contribution in [0.1, 0.15) is 29.2 Å². The second-order valence-electron chi connectivity index (χ2n) is 9.02. The predicted octanol–water partition coefficient (Wildman–Crippen LogP) is 7.84. The van der Waals surface area contributed by atoms with Crippen LogP contribution in [0.15, 0.2) is 107 Å². The number of hydrogen-bond acceptors (Lipinski definition) is 6. The first kappa shape index (κ1) is 24.7. The molecule has 0 radical (unpaired) electrons. The van der Waals surface area contributed by atoms with Crippen LogP contribution >= 0.6 is 35.0 Å². The molecule has 0 saturated carbocycles. The van der Waals surface area contributed by atoms with Crippen LogP contribution in [0, 0.1) is 6.92 Å². The van der Waals surface area contributed by atoms with Crippen LogP contribution < -0.4 is 10.0 Å². The van der Waals surface area contributed by atoms with Crippen LogP contribution in [-0.4, -0.2) is 16.5 Å². The first-order chi connectivity index (χ1) is 18.4. The molecule has 0 amide bonds. The average Bonchev–Trinajstić information content (AvgIpc) is 3.33. The fraction of sp³-hybridized carbons (Fsp3) is 0.100. The maximum atomic E-state index is 12.8. The SMILES string of the molecule is CC(=O)C1=NN(c2cccc(Cl)c2C)[C@@]2(S1)c1ccccc1C(c1ccc(Cl)cc1)=NN2c1ccccc1. The van der Waals surface area contributed by atoms with Crippen LogP contribution in [0.3, 0.4) is 0 Å². The summed E-state index contributed by atoms with van der Waals surface area (Å²) in [7, 11) is 0. The molecule has 4 aromatic rings. The van der Waals surface area contributed by atoms with E-state index in [1.54, 1.807) is 0 Å². The molecule has 0 bridgehead atoms. The van der Waals surface area contributed by atoms with E-state index in [-0.39, 0.29) is 5.78 Å². The van der Waals surface area contributed by atoms with Gasteiger partial charge in [-0.1, -0.05) is 83.9 Å². The zero-order valence-corrected chi connectivity index (χ0v) is 22.9. The summed E-state index contributed by atoms with van der Waals surface area (Å²) in [5.74, 6) is -0.116. The molecule has 2 heterocycles. The number of Topliss-reactive ketones (excluding diaryl/α,β-unsaturated/α-hetero) is 1. The highest BCUT2D eigenvalue weighted by Gasteiger charge is 2.56. The number of benzene rings is 4. The molecular weight excluding hydrogens is 535 g/mol. The van der Waals surface area contributed by atoms with Crippen molar-refractivity contribution in [3.63, 3.8) is 0 Å². The number of halogens is 2. The number of hydrazone groups is 2. The Morgan fingerprint density at radius 2 is 1.53 bits per heavy atom. The van der Waals surface area contributed by atoms with Crippen molar-refractivity contribution in [3.05, 3.63) is 129 Å². The number of nitrogens with zero attached hydrogens (tertiary/aromatic N) is 4. The lowest BCUT2D eigenvalue weighted by Gasteiger charge is -2.47. The van der Waals surface area contributed by atoms with Gasteiger partial charge in [-0.3, -0.25) is 4.79 Å². The summed E-state index contributed by atoms with van der Waals surface area (Å²) in [5.41, 5.74) is 6.13. The Labute approximate surface area is 235 Å². The molecule has 0 aliphatic carbocycles. The summed E-state index contributed by atoms with van der Waals surface area (Å²) in [6.45, 7) is 3.50. The lowest BCUT2D eigenvalue weighted by atomic mass is 9.93. The van der Waals surface area contributed by atoms with E-state index in [0.717, 1.165) is 39.3 Å². The second-order valence-corrected chi connectivity index (χ2v) is 11.0. The average molecular weight is 558 g/mol. The Kier molecular flexibility index (Phi) is 6.26. The number of carbonyl (C=O) groups is 1. The highest BCUT2D eigenvalue weighted by molar-refractivity contribution is 8.17. The molecule has 1 spiro atoms. The molecule has 8 heteroatoms. The third-order valence-corrected chi connectivity index (χ3v) is 8.70. The predicted molar refractivity (Wildman–Crippen MR) is 159 cm³/mol. The molecule has 1 atom stereocenters. The van der Waals surface area contributed by atoms with Gasteiger partial charge < -0.3 is 0 Å². The highest BCUT2D eigenvalue weighted by Crippen LogP contribution is 2.55.